The van der Waals surface area contributed by atoms with Crippen LogP contribution < -0.4 is 0 Å². The molecule has 1 heterocycles. The standard InChI is InChI=1S/C17H23NO3Se/c1-17(2,3)16-18(11-19)14(15(20)21-4)13(22-16)10-12-8-6-5-7-9-12/h5-9,11,13-14,16H,10H2,1-4H3/t13-,14+,16-/m1/s1. The molecule has 1 fully saturated rings. The van der Waals surface area contributed by atoms with Crippen molar-refractivity contribution in [3.63, 3.8) is 0 Å². The van der Waals surface area contributed by atoms with Gasteiger partial charge in [-0.2, -0.15) is 0 Å². The monoisotopic (exact) mass is 369 g/mol. The van der Waals surface area contributed by atoms with Gasteiger partial charge in [0, 0.05) is 0 Å². The first-order valence-corrected chi connectivity index (χ1v) is 9.36. The van der Waals surface area contributed by atoms with E-state index in [4.69, 9.17) is 4.74 Å². The number of amides is 1. The summed E-state index contributed by atoms with van der Waals surface area (Å²) in [6, 6.07) is 9.66. The second-order valence-corrected chi connectivity index (χ2v) is 9.38. The molecule has 2 rings (SSSR count). The Balaban J connectivity index is 2.30. The molecule has 22 heavy (non-hydrogen) atoms. The summed E-state index contributed by atoms with van der Waals surface area (Å²) in [6.45, 7) is 6.36. The van der Waals surface area contributed by atoms with Crippen LogP contribution in [0.15, 0.2) is 30.3 Å². The van der Waals surface area contributed by atoms with E-state index >= 15 is 0 Å². The van der Waals surface area contributed by atoms with Crippen LogP contribution in [0.1, 0.15) is 26.3 Å². The molecule has 0 saturated carbocycles. The number of methoxy groups -OCH3 is 1. The molecule has 1 aliphatic heterocycles. The number of ether oxygens (including phenoxy) is 1. The molecule has 0 bridgehead atoms. The van der Waals surface area contributed by atoms with Gasteiger partial charge >= 0.3 is 138 Å². The molecule has 1 aromatic rings. The third-order valence-electron chi connectivity index (χ3n) is 3.83. The molecule has 4 nitrogen and oxygen atoms in total. The molecule has 0 radical (unpaired) electrons. The van der Waals surface area contributed by atoms with Gasteiger partial charge < -0.3 is 0 Å². The Kier molecular flexibility index (Phi) is 5.30. The van der Waals surface area contributed by atoms with Crippen molar-refractivity contribution in [3.05, 3.63) is 35.9 Å². The Labute approximate surface area is 138 Å². The Bertz CT molecular complexity index is 526. The Morgan fingerprint density at radius 3 is 2.45 bits per heavy atom. The van der Waals surface area contributed by atoms with Crippen LogP contribution in [-0.4, -0.2) is 50.3 Å². The van der Waals surface area contributed by atoms with Crippen molar-refractivity contribution in [2.75, 3.05) is 7.11 Å². The zero-order valence-electron chi connectivity index (χ0n) is 13.5. The molecule has 0 spiro atoms. The van der Waals surface area contributed by atoms with E-state index in [1.807, 2.05) is 18.2 Å². The van der Waals surface area contributed by atoms with E-state index in [1.54, 1.807) is 4.90 Å². The molecular formula is C17H23NO3Se. The third-order valence-corrected chi connectivity index (χ3v) is 7.99. The van der Waals surface area contributed by atoms with Crippen LogP contribution in [0.4, 0.5) is 0 Å². The number of rotatable bonds is 4. The fourth-order valence-corrected chi connectivity index (χ4v) is 6.49. The van der Waals surface area contributed by atoms with Crippen molar-refractivity contribution in [1.29, 1.82) is 0 Å². The third kappa shape index (κ3) is 3.53. The fourth-order valence-electron chi connectivity index (χ4n) is 2.82. The van der Waals surface area contributed by atoms with Crippen LogP contribution >= 0.6 is 0 Å². The minimum atomic E-state index is -0.466. The van der Waals surface area contributed by atoms with E-state index in [-0.39, 0.29) is 36.1 Å². The molecule has 0 unspecified atom stereocenters. The number of carbonyl (C=O) groups is 2. The maximum absolute atomic E-state index is 12.2. The predicted molar refractivity (Wildman–Crippen MR) is 86.6 cm³/mol. The van der Waals surface area contributed by atoms with E-state index in [0.717, 1.165) is 12.8 Å². The number of hydrogen-bond acceptors (Lipinski definition) is 3. The average molecular weight is 368 g/mol. The first kappa shape index (κ1) is 17.0. The normalized spacial score (nSPS) is 25.1. The van der Waals surface area contributed by atoms with Crippen molar-refractivity contribution in [3.8, 4) is 0 Å². The second-order valence-electron chi connectivity index (χ2n) is 6.60. The number of nitrogens with zero attached hydrogens (tertiary/aromatic N) is 1. The predicted octanol–water partition coefficient (Wildman–Crippen LogP) is 2.11. The summed E-state index contributed by atoms with van der Waals surface area (Å²) in [5.41, 5.74) is 1.15. The van der Waals surface area contributed by atoms with E-state index in [9.17, 15) is 9.59 Å². The SMILES string of the molecule is COC(=O)[C@@H]1[C@@H](Cc2ccccc2)[Se][C@H](C(C)(C)C)N1C=O. The molecule has 5 heteroatoms. The van der Waals surface area contributed by atoms with Gasteiger partial charge in [-0.1, -0.05) is 0 Å². The van der Waals surface area contributed by atoms with Crippen LogP contribution in [0.25, 0.3) is 0 Å². The zero-order valence-corrected chi connectivity index (χ0v) is 15.2. The van der Waals surface area contributed by atoms with Crippen molar-refractivity contribution in [2.24, 2.45) is 5.41 Å². The molecule has 0 aliphatic carbocycles. The number of hydrogen-bond donors (Lipinski definition) is 0. The summed E-state index contributed by atoms with van der Waals surface area (Å²) in [7, 11) is 1.39. The fraction of sp³-hybridized carbons (Fsp3) is 0.529. The molecule has 1 saturated heterocycles. The van der Waals surface area contributed by atoms with Crippen LogP contribution in [0.5, 0.6) is 0 Å². The van der Waals surface area contributed by atoms with Gasteiger partial charge in [0.05, 0.1) is 0 Å². The van der Waals surface area contributed by atoms with Gasteiger partial charge in [-0.3, -0.25) is 0 Å². The van der Waals surface area contributed by atoms with Gasteiger partial charge in [0.25, 0.3) is 0 Å². The zero-order chi connectivity index (χ0) is 16.3. The molecule has 3 atom stereocenters. The van der Waals surface area contributed by atoms with Gasteiger partial charge in [0.15, 0.2) is 0 Å². The molecule has 0 N–H and O–H groups in total. The summed E-state index contributed by atoms with van der Waals surface area (Å²) in [4.78, 5) is 25.8. The van der Waals surface area contributed by atoms with Crippen LogP contribution in [0.3, 0.4) is 0 Å². The number of esters is 1. The molecule has 1 aliphatic rings. The van der Waals surface area contributed by atoms with E-state index in [1.165, 1.54) is 12.7 Å². The Morgan fingerprint density at radius 2 is 1.95 bits per heavy atom. The van der Waals surface area contributed by atoms with Crippen LogP contribution in [0.2, 0.25) is 4.82 Å². The number of carbonyl (C=O) groups excluding carboxylic acids is 2. The van der Waals surface area contributed by atoms with Gasteiger partial charge in [0.2, 0.25) is 0 Å². The van der Waals surface area contributed by atoms with Crippen molar-refractivity contribution in [1.82, 2.24) is 4.90 Å². The summed E-state index contributed by atoms with van der Waals surface area (Å²) < 4.78 is 4.97. The second kappa shape index (κ2) is 6.84. The van der Waals surface area contributed by atoms with Gasteiger partial charge in [-0.25, -0.2) is 0 Å². The quantitative estimate of drug-likeness (QED) is 0.465. The maximum atomic E-state index is 12.2. The molecular weight excluding hydrogens is 345 g/mol. The summed E-state index contributed by atoms with van der Waals surface area (Å²) in [6.07, 6.45) is 1.63. The first-order chi connectivity index (χ1) is 10.4. The van der Waals surface area contributed by atoms with Crippen molar-refractivity contribution < 1.29 is 14.3 Å². The Hall–Kier alpha value is -1.32. The molecule has 0 aromatic heterocycles. The topological polar surface area (TPSA) is 46.6 Å². The molecule has 1 amide bonds. The average Bonchev–Trinajstić information content (AvgIpc) is 2.86. The van der Waals surface area contributed by atoms with Gasteiger partial charge in [0.1, 0.15) is 0 Å². The van der Waals surface area contributed by atoms with Crippen LogP contribution in [-0.2, 0) is 20.7 Å². The van der Waals surface area contributed by atoms with Crippen molar-refractivity contribution in [2.45, 2.75) is 43.0 Å². The summed E-state index contributed by atoms with van der Waals surface area (Å²) in [5.74, 6) is -0.304. The summed E-state index contributed by atoms with van der Waals surface area (Å²) in [5, 5.41) is 0. The van der Waals surface area contributed by atoms with Gasteiger partial charge in [-0.15, -0.1) is 0 Å². The Morgan fingerprint density at radius 1 is 1.32 bits per heavy atom. The van der Waals surface area contributed by atoms with E-state index < -0.39 is 6.04 Å². The van der Waals surface area contributed by atoms with Gasteiger partial charge in [-0.05, 0) is 0 Å². The van der Waals surface area contributed by atoms with E-state index in [0.29, 0.717) is 0 Å². The van der Waals surface area contributed by atoms with Crippen LogP contribution in [0, 0.1) is 5.41 Å². The first-order valence-electron chi connectivity index (χ1n) is 7.38. The minimum absolute atomic E-state index is 0.0430. The van der Waals surface area contributed by atoms with Crippen molar-refractivity contribution >= 4 is 27.3 Å². The van der Waals surface area contributed by atoms with E-state index in [2.05, 4.69) is 32.9 Å². The molecule has 1 aromatic carbocycles. The number of benzene rings is 1. The summed E-state index contributed by atoms with van der Waals surface area (Å²) >= 11 is 0.161. The molecule has 120 valence electrons.